The van der Waals surface area contributed by atoms with Gasteiger partial charge in [-0.15, -0.1) is 0 Å². The zero-order chi connectivity index (χ0) is 15.1. The molecule has 0 heterocycles. The third kappa shape index (κ3) is 4.88. The lowest BCUT2D eigenvalue weighted by molar-refractivity contribution is 0.609. The van der Waals surface area contributed by atoms with Crippen molar-refractivity contribution in [2.75, 3.05) is 11.5 Å². The Bertz CT molecular complexity index is 523. The van der Waals surface area contributed by atoms with Crippen LogP contribution >= 0.6 is 11.8 Å². The summed E-state index contributed by atoms with van der Waals surface area (Å²) in [5.41, 5.74) is 6.66. The van der Waals surface area contributed by atoms with Gasteiger partial charge >= 0.3 is 0 Å². The summed E-state index contributed by atoms with van der Waals surface area (Å²) in [4.78, 5) is 0. The number of hydrazine groups is 1. The summed E-state index contributed by atoms with van der Waals surface area (Å²) in [5.74, 6) is 8.59. The molecule has 0 saturated carbocycles. The minimum Gasteiger partial charge on any atom is -0.271 e. The molecule has 0 radical (unpaired) electrons. The van der Waals surface area contributed by atoms with E-state index in [1.165, 1.54) is 22.4 Å². The van der Waals surface area contributed by atoms with E-state index in [4.69, 9.17) is 5.84 Å². The second-order valence-electron chi connectivity index (χ2n) is 5.64. The summed E-state index contributed by atoms with van der Waals surface area (Å²) < 4.78 is 0. The Morgan fingerprint density at radius 3 is 2.10 bits per heavy atom. The Morgan fingerprint density at radius 2 is 1.52 bits per heavy atom. The van der Waals surface area contributed by atoms with Gasteiger partial charge in [0.1, 0.15) is 0 Å². The molecule has 2 aromatic carbocycles. The first kappa shape index (κ1) is 16.1. The predicted octanol–water partition coefficient (Wildman–Crippen LogP) is 4.25. The highest BCUT2D eigenvalue weighted by Gasteiger charge is 2.10. The number of benzene rings is 2. The average molecular weight is 300 g/mol. The standard InChI is InChI=1S/C18H24N2S/c1-14(2)12-21-13-18(20-19)17-10-8-16(9-11-17)15-6-4-3-5-7-15/h3-11,14,18,20H,12-13,19H2,1-2H3. The van der Waals surface area contributed by atoms with Crippen molar-refractivity contribution >= 4 is 11.8 Å². The van der Waals surface area contributed by atoms with Gasteiger partial charge in [0.05, 0.1) is 6.04 Å². The lowest BCUT2D eigenvalue weighted by Crippen LogP contribution is -2.29. The molecule has 3 N–H and O–H groups in total. The molecular weight excluding hydrogens is 276 g/mol. The molecule has 0 saturated heterocycles. The molecule has 0 amide bonds. The van der Waals surface area contributed by atoms with Crippen LogP contribution in [0.15, 0.2) is 54.6 Å². The number of rotatable bonds is 7. The zero-order valence-electron chi connectivity index (χ0n) is 12.8. The molecule has 1 atom stereocenters. The molecule has 0 aliphatic heterocycles. The van der Waals surface area contributed by atoms with E-state index in [9.17, 15) is 0 Å². The van der Waals surface area contributed by atoms with Crippen LogP contribution in [0.1, 0.15) is 25.5 Å². The molecule has 0 aliphatic carbocycles. The van der Waals surface area contributed by atoms with Crippen molar-refractivity contribution in [1.29, 1.82) is 0 Å². The number of hydrogen-bond acceptors (Lipinski definition) is 3. The molecule has 0 bridgehead atoms. The van der Waals surface area contributed by atoms with Gasteiger partial charge in [0, 0.05) is 5.75 Å². The van der Waals surface area contributed by atoms with Gasteiger partial charge in [-0.1, -0.05) is 68.4 Å². The van der Waals surface area contributed by atoms with Crippen molar-refractivity contribution in [2.24, 2.45) is 11.8 Å². The van der Waals surface area contributed by atoms with Crippen LogP contribution in [0.5, 0.6) is 0 Å². The molecule has 21 heavy (non-hydrogen) atoms. The molecule has 2 nitrogen and oxygen atoms in total. The lowest BCUT2D eigenvalue weighted by atomic mass is 10.0. The summed E-state index contributed by atoms with van der Waals surface area (Å²) in [5, 5.41) is 0. The molecule has 1 unspecified atom stereocenters. The first-order chi connectivity index (χ1) is 10.2. The Kier molecular flexibility index (Phi) is 6.30. The predicted molar refractivity (Wildman–Crippen MR) is 94.1 cm³/mol. The van der Waals surface area contributed by atoms with E-state index in [0.29, 0.717) is 5.92 Å². The number of nitrogens with two attached hydrogens (primary N) is 1. The Morgan fingerprint density at radius 1 is 0.905 bits per heavy atom. The third-order valence-electron chi connectivity index (χ3n) is 3.36. The van der Waals surface area contributed by atoms with Gasteiger partial charge in [0.25, 0.3) is 0 Å². The van der Waals surface area contributed by atoms with Crippen molar-refractivity contribution in [3.63, 3.8) is 0 Å². The molecule has 3 heteroatoms. The molecule has 2 rings (SSSR count). The van der Waals surface area contributed by atoms with E-state index >= 15 is 0 Å². The minimum absolute atomic E-state index is 0.207. The Labute approximate surface area is 132 Å². The van der Waals surface area contributed by atoms with Crippen molar-refractivity contribution in [3.8, 4) is 11.1 Å². The number of hydrogen-bond donors (Lipinski definition) is 2. The topological polar surface area (TPSA) is 38.0 Å². The van der Waals surface area contributed by atoms with Crippen LogP contribution in [0.4, 0.5) is 0 Å². The summed E-state index contributed by atoms with van der Waals surface area (Å²) in [6.45, 7) is 4.49. The summed E-state index contributed by atoms with van der Waals surface area (Å²) in [7, 11) is 0. The van der Waals surface area contributed by atoms with Gasteiger partial charge in [-0.2, -0.15) is 11.8 Å². The Balaban J connectivity index is 2.03. The van der Waals surface area contributed by atoms with Gasteiger partial charge in [-0.3, -0.25) is 11.3 Å². The molecule has 0 aliphatic rings. The molecule has 0 aromatic heterocycles. The highest BCUT2D eigenvalue weighted by Crippen LogP contribution is 2.24. The number of thioether (sulfide) groups is 1. The van der Waals surface area contributed by atoms with Crippen LogP contribution in [0, 0.1) is 5.92 Å². The summed E-state index contributed by atoms with van der Waals surface area (Å²) in [6, 6.07) is 19.3. The van der Waals surface area contributed by atoms with Crippen molar-refractivity contribution in [2.45, 2.75) is 19.9 Å². The summed E-state index contributed by atoms with van der Waals surface area (Å²) in [6.07, 6.45) is 0. The fourth-order valence-corrected chi connectivity index (χ4v) is 3.33. The highest BCUT2D eigenvalue weighted by atomic mass is 32.2. The van der Waals surface area contributed by atoms with Gasteiger partial charge in [-0.25, -0.2) is 0 Å². The van der Waals surface area contributed by atoms with Crippen LogP contribution in [0.25, 0.3) is 11.1 Å². The lowest BCUT2D eigenvalue weighted by Gasteiger charge is -2.17. The fourth-order valence-electron chi connectivity index (χ4n) is 2.20. The largest absolute Gasteiger partial charge is 0.271 e. The Hall–Kier alpha value is -1.29. The van der Waals surface area contributed by atoms with E-state index in [1.54, 1.807) is 0 Å². The van der Waals surface area contributed by atoms with Gasteiger partial charge in [0.15, 0.2) is 0 Å². The monoisotopic (exact) mass is 300 g/mol. The first-order valence-electron chi connectivity index (χ1n) is 7.40. The van der Waals surface area contributed by atoms with E-state index in [0.717, 1.165) is 5.75 Å². The van der Waals surface area contributed by atoms with Crippen LogP contribution in [0.3, 0.4) is 0 Å². The SMILES string of the molecule is CC(C)CSCC(NN)c1ccc(-c2ccccc2)cc1. The second-order valence-corrected chi connectivity index (χ2v) is 6.71. The van der Waals surface area contributed by atoms with E-state index in [2.05, 4.69) is 67.8 Å². The molecule has 0 fully saturated rings. The van der Waals surface area contributed by atoms with Crippen molar-refractivity contribution < 1.29 is 0 Å². The van der Waals surface area contributed by atoms with E-state index < -0.39 is 0 Å². The van der Waals surface area contributed by atoms with E-state index in [-0.39, 0.29) is 6.04 Å². The van der Waals surface area contributed by atoms with Crippen molar-refractivity contribution in [3.05, 3.63) is 60.2 Å². The van der Waals surface area contributed by atoms with Crippen LogP contribution in [-0.4, -0.2) is 11.5 Å². The minimum atomic E-state index is 0.207. The van der Waals surface area contributed by atoms with Crippen LogP contribution in [0.2, 0.25) is 0 Å². The second kappa shape index (κ2) is 8.23. The normalized spacial score (nSPS) is 12.6. The van der Waals surface area contributed by atoms with Gasteiger partial charge in [0.2, 0.25) is 0 Å². The van der Waals surface area contributed by atoms with E-state index in [1.807, 2.05) is 17.8 Å². The highest BCUT2D eigenvalue weighted by molar-refractivity contribution is 7.99. The third-order valence-corrected chi connectivity index (χ3v) is 4.83. The quantitative estimate of drug-likeness (QED) is 0.593. The maximum atomic E-state index is 5.71. The van der Waals surface area contributed by atoms with Gasteiger partial charge < -0.3 is 0 Å². The zero-order valence-corrected chi connectivity index (χ0v) is 13.6. The maximum absolute atomic E-state index is 5.71. The average Bonchev–Trinajstić information content (AvgIpc) is 2.52. The van der Waals surface area contributed by atoms with Crippen LogP contribution < -0.4 is 11.3 Å². The molecule has 112 valence electrons. The van der Waals surface area contributed by atoms with Crippen LogP contribution in [-0.2, 0) is 0 Å². The number of nitrogens with one attached hydrogen (secondary N) is 1. The van der Waals surface area contributed by atoms with Crippen molar-refractivity contribution in [1.82, 2.24) is 5.43 Å². The molecule has 0 spiro atoms. The fraction of sp³-hybridized carbons (Fsp3) is 0.333. The maximum Gasteiger partial charge on any atom is 0.0550 e. The van der Waals surface area contributed by atoms with Gasteiger partial charge in [-0.05, 0) is 28.4 Å². The smallest absolute Gasteiger partial charge is 0.0550 e. The molecular formula is C18H24N2S. The molecule has 2 aromatic rings. The summed E-state index contributed by atoms with van der Waals surface area (Å²) >= 11 is 1.95. The first-order valence-corrected chi connectivity index (χ1v) is 8.55.